The van der Waals surface area contributed by atoms with E-state index < -0.39 is 29.2 Å². The van der Waals surface area contributed by atoms with Crippen molar-refractivity contribution in [1.29, 1.82) is 0 Å². The van der Waals surface area contributed by atoms with Crippen molar-refractivity contribution in [3.8, 4) is 0 Å². The van der Waals surface area contributed by atoms with Gasteiger partial charge in [-0.1, -0.05) is 0 Å². The predicted molar refractivity (Wildman–Crippen MR) is 133 cm³/mol. The summed E-state index contributed by atoms with van der Waals surface area (Å²) in [5.41, 5.74) is -1.08. The third-order valence-electron chi connectivity index (χ3n) is 9.15. The van der Waals surface area contributed by atoms with Crippen molar-refractivity contribution in [2.45, 2.75) is 57.1 Å². The van der Waals surface area contributed by atoms with Crippen LogP contribution in [0, 0.1) is 23.2 Å². The van der Waals surface area contributed by atoms with Crippen LogP contribution in [0.15, 0.2) is 24.4 Å². The molecule has 0 bridgehead atoms. The van der Waals surface area contributed by atoms with Crippen molar-refractivity contribution >= 4 is 11.8 Å². The average molecular weight is 590 g/mol. The molecule has 2 saturated heterocycles. The maximum atomic E-state index is 14.2. The van der Waals surface area contributed by atoms with Crippen LogP contribution in [0.5, 0.6) is 0 Å². The highest BCUT2D eigenvalue weighted by molar-refractivity contribution is 5.90. The molecular formula is C28H33F6N3O4. The number of halogens is 6. The molecule has 3 aliphatic heterocycles. The van der Waals surface area contributed by atoms with Crippen LogP contribution < -0.4 is 0 Å². The number of alkyl halides is 6. The zero-order valence-electron chi connectivity index (χ0n) is 22.6. The van der Waals surface area contributed by atoms with Crippen LogP contribution in [-0.4, -0.2) is 78.8 Å². The number of aromatic nitrogens is 1. The Morgan fingerprint density at radius 1 is 1.22 bits per heavy atom. The molecular weight excluding hydrogens is 556 g/mol. The third-order valence-corrected chi connectivity index (χ3v) is 9.15. The first-order valence-electron chi connectivity index (χ1n) is 13.8. The number of fused-ring (bicyclic) bond motifs is 2. The molecule has 4 aliphatic rings. The van der Waals surface area contributed by atoms with Gasteiger partial charge in [0.25, 0.3) is 0 Å². The summed E-state index contributed by atoms with van der Waals surface area (Å²) in [5.74, 6) is -0.995. The highest BCUT2D eigenvalue weighted by atomic mass is 19.4. The van der Waals surface area contributed by atoms with Gasteiger partial charge in [0.2, 0.25) is 11.8 Å². The van der Waals surface area contributed by atoms with Gasteiger partial charge in [-0.25, -0.2) is 0 Å². The molecule has 1 aromatic rings. The normalized spacial score (nSPS) is 30.5. The smallest absolute Gasteiger partial charge is 0.379 e. The molecule has 1 aromatic heterocycles. The molecule has 13 heteroatoms. The quantitative estimate of drug-likeness (QED) is 0.376. The maximum Gasteiger partial charge on any atom is 0.417 e. The highest BCUT2D eigenvalue weighted by Gasteiger charge is 2.59. The van der Waals surface area contributed by atoms with Crippen LogP contribution in [0.2, 0.25) is 0 Å². The average Bonchev–Trinajstić information content (AvgIpc) is 3.45. The maximum absolute atomic E-state index is 14.2. The number of carbonyl (C=O) groups excluding carboxylic acids is 2. The van der Waals surface area contributed by atoms with E-state index in [1.54, 1.807) is 7.11 Å². The third kappa shape index (κ3) is 6.25. The van der Waals surface area contributed by atoms with Gasteiger partial charge in [0, 0.05) is 70.4 Å². The Kier molecular flexibility index (Phi) is 8.14. The summed E-state index contributed by atoms with van der Waals surface area (Å²) < 4.78 is 89.3. The first-order valence-corrected chi connectivity index (χ1v) is 13.8. The fourth-order valence-electron chi connectivity index (χ4n) is 7.24. The number of hydrogen-bond acceptors (Lipinski definition) is 5. The lowest BCUT2D eigenvalue weighted by molar-refractivity contribution is -0.144. The molecule has 2 unspecified atom stereocenters. The number of nitrogens with zero attached hydrogens (tertiary/aromatic N) is 3. The lowest BCUT2D eigenvalue weighted by Crippen LogP contribution is -2.49. The van der Waals surface area contributed by atoms with Crippen molar-refractivity contribution in [3.63, 3.8) is 0 Å². The molecule has 1 aliphatic carbocycles. The first kappa shape index (κ1) is 29.8. The Hall–Kier alpha value is -2.67. The second kappa shape index (κ2) is 11.2. The van der Waals surface area contributed by atoms with Gasteiger partial charge in [0.15, 0.2) is 0 Å². The Bertz CT molecular complexity index is 1190. The molecule has 3 fully saturated rings. The SMILES string of the molecule is COC1COCCC1C[C@@H]1C[C@H]2CN(C(=O)/C=C/C(F)(F)F)C[C@@]2(C(=O)N2CCc3ncc(C(F)(F)F)cc3C2)C1. The minimum absolute atomic E-state index is 0.0281. The first-order chi connectivity index (χ1) is 19.3. The van der Waals surface area contributed by atoms with Crippen molar-refractivity contribution in [3.05, 3.63) is 41.2 Å². The molecule has 5 atom stereocenters. The van der Waals surface area contributed by atoms with E-state index in [0.717, 1.165) is 25.1 Å². The van der Waals surface area contributed by atoms with E-state index >= 15 is 0 Å². The van der Waals surface area contributed by atoms with E-state index in [4.69, 9.17) is 9.47 Å². The van der Waals surface area contributed by atoms with Gasteiger partial charge in [-0.3, -0.25) is 14.6 Å². The Balaban J connectivity index is 1.38. The fraction of sp³-hybridized carbons (Fsp3) is 0.679. The van der Waals surface area contributed by atoms with Crippen molar-refractivity contribution in [2.24, 2.45) is 23.2 Å². The number of likely N-dealkylation sites (tertiary alicyclic amines) is 1. The van der Waals surface area contributed by atoms with Crippen molar-refractivity contribution in [2.75, 3.05) is 40.0 Å². The van der Waals surface area contributed by atoms with E-state index in [1.807, 2.05) is 0 Å². The molecule has 41 heavy (non-hydrogen) atoms. The molecule has 1 saturated carbocycles. The van der Waals surface area contributed by atoms with Gasteiger partial charge in [-0.05, 0) is 55.1 Å². The topological polar surface area (TPSA) is 72.0 Å². The summed E-state index contributed by atoms with van der Waals surface area (Å²) >= 11 is 0. The molecule has 0 aromatic carbocycles. The fourth-order valence-corrected chi connectivity index (χ4v) is 7.24. The summed E-state index contributed by atoms with van der Waals surface area (Å²) in [6, 6.07) is 1.02. The Labute approximate surface area is 233 Å². The Morgan fingerprint density at radius 2 is 2.00 bits per heavy atom. The van der Waals surface area contributed by atoms with Crippen molar-refractivity contribution < 1.29 is 45.4 Å². The molecule has 5 rings (SSSR count). The van der Waals surface area contributed by atoms with Crippen LogP contribution >= 0.6 is 0 Å². The van der Waals surface area contributed by atoms with Gasteiger partial charge in [-0.2, -0.15) is 26.3 Å². The summed E-state index contributed by atoms with van der Waals surface area (Å²) in [4.78, 5) is 33.8. The van der Waals surface area contributed by atoms with Crippen LogP contribution in [-0.2, 0) is 38.2 Å². The van der Waals surface area contributed by atoms with Gasteiger partial charge >= 0.3 is 12.4 Å². The van der Waals surface area contributed by atoms with Crippen LogP contribution in [0.4, 0.5) is 26.3 Å². The molecule has 0 spiro atoms. The van der Waals surface area contributed by atoms with Crippen LogP contribution in [0.25, 0.3) is 0 Å². The second-order valence-electron chi connectivity index (χ2n) is 11.7. The number of allylic oxidation sites excluding steroid dienone is 1. The van der Waals surface area contributed by atoms with Crippen LogP contribution in [0.3, 0.4) is 0 Å². The molecule has 0 radical (unpaired) electrons. The second-order valence-corrected chi connectivity index (χ2v) is 11.7. The van der Waals surface area contributed by atoms with Crippen LogP contribution in [0.1, 0.15) is 42.5 Å². The number of amides is 2. The lowest BCUT2D eigenvalue weighted by Gasteiger charge is -2.37. The minimum Gasteiger partial charge on any atom is -0.379 e. The van der Waals surface area contributed by atoms with E-state index in [0.29, 0.717) is 43.4 Å². The number of rotatable bonds is 5. The lowest BCUT2D eigenvalue weighted by atomic mass is 9.78. The van der Waals surface area contributed by atoms with E-state index in [1.165, 1.54) is 9.80 Å². The minimum atomic E-state index is -4.64. The standard InChI is InChI=1S/C28H33F6N3O4/c1-40-23-15-41-7-4-18(23)8-17-9-21-14-37(24(38)2-5-27(29,30)31)16-26(21,11-17)25(39)36-6-3-22-19(13-36)10-20(12-35-22)28(32,33)34/h2,5,10,12,17-18,21,23H,3-4,6-9,11,13-16H2,1H3/b5-2+/t17-,18?,21+,23?,26+/m1/s1. The van der Waals surface area contributed by atoms with Crippen molar-refractivity contribution in [1.82, 2.24) is 14.8 Å². The molecule has 2 amide bonds. The number of ether oxygens (including phenoxy) is 2. The summed E-state index contributed by atoms with van der Waals surface area (Å²) in [6.07, 6.45) is -5.15. The number of carbonyl (C=O) groups is 2. The zero-order valence-corrected chi connectivity index (χ0v) is 22.6. The molecule has 4 heterocycles. The number of pyridine rings is 1. The van der Waals surface area contributed by atoms with E-state index in [-0.39, 0.29) is 68.4 Å². The van der Waals surface area contributed by atoms with E-state index in [2.05, 4.69) is 4.98 Å². The van der Waals surface area contributed by atoms with E-state index in [9.17, 15) is 35.9 Å². The summed E-state index contributed by atoms with van der Waals surface area (Å²) in [6.45, 7) is 1.43. The molecule has 226 valence electrons. The van der Waals surface area contributed by atoms with Gasteiger partial charge in [-0.15, -0.1) is 0 Å². The number of methoxy groups -OCH3 is 1. The van der Waals surface area contributed by atoms with Gasteiger partial charge < -0.3 is 19.3 Å². The molecule has 7 nitrogen and oxygen atoms in total. The zero-order chi connectivity index (χ0) is 29.6. The summed E-state index contributed by atoms with van der Waals surface area (Å²) in [7, 11) is 1.63. The Morgan fingerprint density at radius 3 is 2.71 bits per heavy atom. The largest absolute Gasteiger partial charge is 0.417 e. The van der Waals surface area contributed by atoms with Gasteiger partial charge in [0.1, 0.15) is 0 Å². The van der Waals surface area contributed by atoms with Gasteiger partial charge in [0.05, 0.1) is 23.7 Å². The number of hydrogen-bond donors (Lipinski definition) is 0. The predicted octanol–water partition coefficient (Wildman–Crippen LogP) is 4.40. The monoisotopic (exact) mass is 589 g/mol. The summed E-state index contributed by atoms with van der Waals surface area (Å²) in [5, 5.41) is 0. The highest BCUT2D eigenvalue weighted by Crippen LogP contribution is 2.54. The molecule has 0 N–H and O–H groups in total.